The molecule has 1 amide bonds. The molecule has 1 aromatic carbocycles. The third kappa shape index (κ3) is 4.62. The number of carbonyl (C=O) groups is 1. The summed E-state index contributed by atoms with van der Waals surface area (Å²) in [4.78, 5) is 17.3. The molecule has 0 aliphatic rings. The molecule has 2 heterocycles. The number of pyridine rings is 1. The van der Waals surface area contributed by atoms with Crippen molar-refractivity contribution in [3.63, 3.8) is 0 Å². The van der Waals surface area contributed by atoms with Crippen molar-refractivity contribution in [2.45, 2.75) is 33.1 Å². The lowest BCUT2D eigenvalue weighted by Gasteiger charge is -2.21. The van der Waals surface area contributed by atoms with Gasteiger partial charge in [-0.15, -0.1) is 4.31 Å². The fraction of sp³-hybridized carbons (Fsp3) is 0.364. The zero-order valence-corrected chi connectivity index (χ0v) is 18.9. The summed E-state index contributed by atoms with van der Waals surface area (Å²) in [5, 5.41) is 3.11. The molecule has 1 unspecified atom stereocenters. The highest BCUT2D eigenvalue weighted by atomic mass is 32.3. The van der Waals surface area contributed by atoms with Crippen LogP contribution < -0.4 is 9.62 Å². The van der Waals surface area contributed by atoms with E-state index in [1.165, 1.54) is 41.9 Å². The number of amides is 1. The molecule has 0 saturated heterocycles. The average Bonchev–Trinajstić information content (AvgIpc) is 3.10. The smallest absolute Gasteiger partial charge is 0.311 e. The zero-order chi connectivity index (χ0) is 22.8. The van der Waals surface area contributed by atoms with Crippen LogP contribution in [0.25, 0.3) is 22.4 Å². The highest BCUT2D eigenvalue weighted by molar-refractivity contribution is 7.98. The van der Waals surface area contributed by atoms with Crippen LogP contribution >= 0.6 is 0 Å². The third-order valence-corrected chi connectivity index (χ3v) is 6.21. The van der Waals surface area contributed by atoms with Crippen molar-refractivity contribution in [3.8, 4) is 11.3 Å². The number of fused-ring (bicyclic) bond motifs is 1. The lowest BCUT2D eigenvalue weighted by atomic mass is 10.0. The van der Waals surface area contributed by atoms with E-state index < -0.39 is 16.2 Å². The number of hydrogen-bond donors (Lipinski definition) is 2. The van der Waals surface area contributed by atoms with Gasteiger partial charge in [0.1, 0.15) is 11.6 Å². The topological polar surface area (TPSA) is 95.7 Å². The Hall–Kier alpha value is -2.78. The van der Waals surface area contributed by atoms with Crippen molar-refractivity contribution in [2.24, 2.45) is 0 Å². The van der Waals surface area contributed by atoms with Gasteiger partial charge in [-0.1, -0.05) is 20.3 Å². The summed E-state index contributed by atoms with van der Waals surface area (Å²) in [7, 11) is -1.80. The molecule has 0 fully saturated rings. The van der Waals surface area contributed by atoms with Gasteiger partial charge < -0.3 is 9.73 Å². The van der Waals surface area contributed by atoms with Crippen LogP contribution in [-0.2, 0) is 21.0 Å². The van der Waals surface area contributed by atoms with E-state index in [0.29, 0.717) is 35.3 Å². The first-order valence-corrected chi connectivity index (χ1v) is 12.0. The molecule has 2 aromatic heterocycles. The van der Waals surface area contributed by atoms with Crippen molar-refractivity contribution < 1.29 is 22.4 Å². The Balaban J connectivity index is 2.28. The highest BCUT2D eigenvalue weighted by Crippen LogP contribution is 2.36. The first kappa shape index (κ1) is 22.9. The number of aryl methyl sites for hydroxylation is 1. The van der Waals surface area contributed by atoms with Crippen molar-refractivity contribution in [2.75, 3.05) is 24.2 Å². The Morgan fingerprint density at radius 1 is 1.29 bits per heavy atom. The highest BCUT2D eigenvalue weighted by Gasteiger charge is 2.33. The van der Waals surface area contributed by atoms with Gasteiger partial charge in [0.15, 0.2) is 12.1 Å². The summed E-state index contributed by atoms with van der Waals surface area (Å²) in [5.41, 5.74) is 1.72. The van der Waals surface area contributed by atoms with Gasteiger partial charge in [0, 0.05) is 12.6 Å². The van der Waals surface area contributed by atoms with Gasteiger partial charge in [-0.25, -0.2) is 4.39 Å². The fourth-order valence-electron chi connectivity index (χ4n) is 3.42. The first-order chi connectivity index (χ1) is 14.7. The summed E-state index contributed by atoms with van der Waals surface area (Å²) in [5.74, 6) is -0.134. The molecule has 3 rings (SSSR count). The van der Waals surface area contributed by atoms with Gasteiger partial charge in [-0.2, -0.15) is 9.54 Å². The normalized spacial score (nSPS) is 13.2. The van der Waals surface area contributed by atoms with Crippen molar-refractivity contribution in [3.05, 3.63) is 47.3 Å². The molecule has 7 nitrogen and oxygen atoms in total. The monoisotopic (exact) mass is 448 g/mol. The number of nitrogens with zero attached hydrogens (tertiary/aromatic N) is 2. The average molecular weight is 449 g/mol. The summed E-state index contributed by atoms with van der Waals surface area (Å²) in [6, 6.07) is 7.42. The number of unbranched alkanes of at least 4 members (excludes halogenated alkanes) is 1. The molecule has 0 bridgehead atoms. The van der Waals surface area contributed by atoms with E-state index in [0.717, 1.165) is 18.4 Å². The maximum Gasteiger partial charge on any atom is 0.311 e. The van der Waals surface area contributed by atoms with Crippen LogP contribution in [0.2, 0.25) is 0 Å². The maximum absolute atomic E-state index is 13.4. The van der Waals surface area contributed by atoms with E-state index in [1.54, 1.807) is 6.07 Å². The molecular formula is C22H27FN3O4S+. The van der Waals surface area contributed by atoms with E-state index in [4.69, 9.17) is 4.42 Å². The number of anilines is 1. The first-order valence-electron chi connectivity index (χ1n) is 10.1. The molecule has 0 aliphatic carbocycles. The predicted octanol–water partition coefficient (Wildman–Crippen LogP) is 4.68. The van der Waals surface area contributed by atoms with Crippen LogP contribution in [0.15, 0.2) is 34.7 Å². The van der Waals surface area contributed by atoms with Gasteiger partial charge >= 0.3 is 10.4 Å². The van der Waals surface area contributed by atoms with Gasteiger partial charge in [0.25, 0.3) is 5.91 Å². The molecule has 2 N–H and O–H groups in total. The largest absolute Gasteiger partial charge is 0.437 e. The Morgan fingerprint density at radius 3 is 2.52 bits per heavy atom. The lowest BCUT2D eigenvalue weighted by molar-refractivity contribution is 0.0964. The molecule has 31 heavy (non-hydrogen) atoms. The van der Waals surface area contributed by atoms with Gasteiger partial charge in [-0.05, 0) is 52.9 Å². The molecule has 166 valence electrons. The lowest BCUT2D eigenvalue weighted by Crippen LogP contribution is -2.37. The Morgan fingerprint density at radius 2 is 1.97 bits per heavy atom. The minimum absolute atomic E-state index is 0.176. The molecule has 0 saturated carbocycles. The number of benzene rings is 1. The van der Waals surface area contributed by atoms with Crippen LogP contribution in [0.4, 0.5) is 10.2 Å². The number of aromatic nitrogens is 1. The van der Waals surface area contributed by atoms with Crippen molar-refractivity contribution in [1.82, 2.24) is 10.3 Å². The third-order valence-electron chi connectivity index (χ3n) is 5.04. The number of carbonyl (C=O) groups excluding carboxylic acids is 1. The fourth-order valence-corrected chi connectivity index (χ4v) is 4.37. The quantitative estimate of drug-likeness (QED) is 0.488. The van der Waals surface area contributed by atoms with Crippen molar-refractivity contribution in [1.29, 1.82) is 0 Å². The summed E-state index contributed by atoms with van der Waals surface area (Å²) >= 11 is 0. The van der Waals surface area contributed by atoms with Crippen LogP contribution in [0.5, 0.6) is 0 Å². The Kier molecular flexibility index (Phi) is 6.76. The molecular weight excluding hydrogens is 421 g/mol. The molecule has 0 radical (unpaired) electrons. The number of rotatable bonds is 8. The second-order valence-corrected chi connectivity index (χ2v) is 9.25. The van der Waals surface area contributed by atoms with Gasteiger partial charge in [0.2, 0.25) is 5.71 Å². The maximum atomic E-state index is 13.4. The second-order valence-electron chi connectivity index (χ2n) is 7.29. The van der Waals surface area contributed by atoms with E-state index in [1.807, 2.05) is 13.8 Å². The summed E-state index contributed by atoms with van der Waals surface area (Å²) in [6.45, 7) is 4.28. The summed E-state index contributed by atoms with van der Waals surface area (Å²) in [6.07, 6.45) is 3.37. The standard InChI is InChI=1S/C22H26FN3O4S/c1-5-7-12-26(31(4,28)29)20-14(6-2)13-17-18(21(27)24-3)19(30-22(17)25-20)15-8-10-16(23)11-9-15/h8-11,13H,5-7,12H2,1-4H3,(H-,24,27,28,29)/p+1. The van der Waals surface area contributed by atoms with E-state index in [9.17, 15) is 17.9 Å². The van der Waals surface area contributed by atoms with Crippen LogP contribution in [0, 0.1) is 5.82 Å². The van der Waals surface area contributed by atoms with Crippen molar-refractivity contribution >= 4 is 33.2 Å². The SMILES string of the molecule is CCCCN(c1nc2oc(-c3ccc(F)cc3)c(C(=O)NC)c2cc1CC)[S+](C)(=O)O. The number of halogens is 1. The van der Waals surface area contributed by atoms with Crippen LogP contribution in [0.1, 0.15) is 42.6 Å². The van der Waals surface area contributed by atoms with E-state index >= 15 is 0 Å². The second kappa shape index (κ2) is 9.15. The van der Waals surface area contributed by atoms with E-state index in [2.05, 4.69) is 10.3 Å². The van der Waals surface area contributed by atoms with Gasteiger partial charge in [0.05, 0.1) is 17.5 Å². The zero-order valence-electron chi connectivity index (χ0n) is 18.1. The molecule has 1 atom stereocenters. The van der Waals surface area contributed by atoms with Crippen LogP contribution in [0.3, 0.4) is 0 Å². The molecule has 9 heteroatoms. The van der Waals surface area contributed by atoms with Crippen LogP contribution in [-0.4, -0.2) is 35.3 Å². The molecule has 0 aliphatic heterocycles. The minimum atomic E-state index is -3.31. The number of furan rings is 1. The molecule has 0 spiro atoms. The predicted molar refractivity (Wildman–Crippen MR) is 121 cm³/mol. The Labute approximate surface area is 182 Å². The van der Waals surface area contributed by atoms with Gasteiger partial charge in [-0.3, -0.25) is 4.79 Å². The molecule has 3 aromatic rings. The Bertz CT molecular complexity index is 1140. The van der Waals surface area contributed by atoms with E-state index in [-0.39, 0.29) is 17.4 Å². The minimum Gasteiger partial charge on any atom is -0.437 e. The number of hydrogen-bond acceptors (Lipinski definition) is 4. The number of nitrogens with one attached hydrogen (secondary N) is 1. The summed E-state index contributed by atoms with van der Waals surface area (Å²) < 4.78 is 43.7.